The van der Waals surface area contributed by atoms with Crippen LogP contribution in [0, 0.1) is 10.1 Å². The van der Waals surface area contributed by atoms with Crippen LogP contribution in [0.2, 0.25) is 5.02 Å². The molecular weight excluding hydrogens is 272 g/mol. The van der Waals surface area contributed by atoms with E-state index in [-0.39, 0.29) is 27.5 Å². The number of hydrogen-bond donors (Lipinski definition) is 2. The van der Waals surface area contributed by atoms with Gasteiger partial charge in [0.2, 0.25) is 0 Å². The second-order valence-electron chi connectivity index (χ2n) is 4.95. The number of hydrogen-bond acceptors (Lipinski definition) is 4. The number of anilines is 1. The number of benzene rings is 1. The smallest absolute Gasteiger partial charge is 0.338 e. The van der Waals surface area contributed by atoms with Gasteiger partial charge in [-0.3, -0.25) is 10.1 Å². The molecular formula is C12H13ClN2O4. The van der Waals surface area contributed by atoms with Gasteiger partial charge in [-0.25, -0.2) is 4.79 Å². The van der Waals surface area contributed by atoms with E-state index in [1.54, 1.807) is 0 Å². The van der Waals surface area contributed by atoms with Gasteiger partial charge < -0.3 is 10.4 Å². The number of nitro benzene ring substituents is 1. The minimum absolute atomic E-state index is 0.0553. The summed E-state index contributed by atoms with van der Waals surface area (Å²) in [7, 11) is 0. The molecule has 2 rings (SSSR count). The first-order chi connectivity index (χ1) is 8.82. The van der Waals surface area contributed by atoms with Crippen molar-refractivity contribution in [2.75, 3.05) is 5.32 Å². The van der Waals surface area contributed by atoms with Crippen LogP contribution in [0.1, 0.15) is 36.5 Å². The number of carbonyl (C=O) groups is 1. The average molecular weight is 285 g/mol. The highest BCUT2D eigenvalue weighted by atomic mass is 35.5. The molecule has 1 fully saturated rings. The fourth-order valence-corrected chi connectivity index (χ4v) is 2.39. The maximum atomic E-state index is 11.2. The number of halogens is 1. The molecule has 19 heavy (non-hydrogen) atoms. The Morgan fingerprint density at radius 2 is 2.16 bits per heavy atom. The minimum Gasteiger partial charge on any atom is -0.478 e. The van der Waals surface area contributed by atoms with Crippen LogP contribution in [0.15, 0.2) is 12.1 Å². The van der Waals surface area contributed by atoms with E-state index >= 15 is 0 Å². The van der Waals surface area contributed by atoms with Crippen LogP contribution < -0.4 is 5.32 Å². The van der Waals surface area contributed by atoms with Crippen molar-refractivity contribution in [3.05, 3.63) is 32.8 Å². The highest BCUT2D eigenvalue weighted by molar-refractivity contribution is 6.34. The van der Waals surface area contributed by atoms with Crippen LogP contribution in [0.25, 0.3) is 0 Å². The number of carboxylic acid groups (broad SMARTS) is 1. The lowest BCUT2D eigenvalue weighted by Crippen LogP contribution is -2.42. The van der Waals surface area contributed by atoms with E-state index in [9.17, 15) is 14.9 Å². The molecule has 0 spiro atoms. The van der Waals surface area contributed by atoms with E-state index in [4.69, 9.17) is 16.7 Å². The van der Waals surface area contributed by atoms with Gasteiger partial charge in [0.15, 0.2) is 0 Å². The van der Waals surface area contributed by atoms with Gasteiger partial charge >= 0.3 is 5.97 Å². The number of rotatable bonds is 4. The molecule has 0 amide bonds. The highest BCUT2D eigenvalue weighted by Crippen LogP contribution is 2.39. The molecule has 0 bridgehead atoms. The van der Waals surface area contributed by atoms with Gasteiger partial charge in [0.25, 0.3) is 5.69 Å². The molecule has 1 aromatic rings. The van der Waals surface area contributed by atoms with Crippen LogP contribution in [0.4, 0.5) is 11.4 Å². The summed E-state index contributed by atoms with van der Waals surface area (Å²) in [4.78, 5) is 21.3. The first-order valence-corrected chi connectivity index (χ1v) is 6.20. The second-order valence-corrected chi connectivity index (χ2v) is 5.36. The molecule has 6 nitrogen and oxygen atoms in total. The van der Waals surface area contributed by atoms with E-state index in [0.717, 1.165) is 25.3 Å². The van der Waals surface area contributed by atoms with E-state index in [0.29, 0.717) is 0 Å². The van der Waals surface area contributed by atoms with Crippen LogP contribution in [0.5, 0.6) is 0 Å². The predicted molar refractivity (Wildman–Crippen MR) is 70.9 cm³/mol. The Kier molecular flexibility index (Phi) is 3.36. The molecule has 7 heteroatoms. The third-order valence-electron chi connectivity index (χ3n) is 3.40. The lowest BCUT2D eigenvalue weighted by atomic mass is 9.78. The number of carboxylic acids is 1. The molecule has 0 aromatic heterocycles. The summed E-state index contributed by atoms with van der Waals surface area (Å²) in [5, 5.41) is 23.0. The molecule has 0 aliphatic heterocycles. The van der Waals surface area contributed by atoms with E-state index in [2.05, 4.69) is 5.32 Å². The molecule has 1 aliphatic carbocycles. The monoisotopic (exact) mass is 284 g/mol. The summed E-state index contributed by atoms with van der Waals surface area (Å²) >= 11 is 5.98. The third-order valence-corrected chi connectivity index (χ3v) is 3.70. The van der Waals surface area contributed by atoms with E-state index < -0.39 is 10.9 Å². The van der Waals surface area contributed by atoms with Crippen LogP contribution in [-0.4, -0.2) is 21.5 Å². The van der Waals surface area contributed by atoms with Gasteiger partial charge in [0, 0.05) is 17.7 Å². The Morgan fingerprint density at radius 3 is 2.58 bits per heavy atom. The van der Waals surface area contributed by atoms with Gasteiger partial charge in [0.05, 0.1) is 21.2 Å². The first-order valence-electron chi connectivity index (χ1n) is 5.82. The molecule has 0 saturated heterocycles. The molecule has 2 N–H and O–H groups in total. The highest BCUT2D eigenvalue weighted by Gasteiger charge is 2.33. The normalized spacial score (nSPS) is 16.5. The maximum absolute atomic E-state index is 11.2. The Labute approximate surface area is 114 Å². The fourth-order valence-electron chi connectivity index (χ4n) is 2.13. The van der Waals surface area contributed by atoms with Crippen molar-refractivity contribution in [1.82, 2.24) is 0 Å². The summed E-state index contributed by atoms with van der Waals surface area (Å²) in [6.45, 7) is 1.97. The quantitative estimate of drug-likeness (QED) is 0.653. The molecule has 0 radical (unpaired) electrons. The van der Waals surface area contributed by atoms with Crippen LogP contribution >= 0.6 is 11.6 Å². The Balaban J connectivity index is 2.46. The van der Waals surface area contributed by atoms with Crippen molar-refractivity contribution < 1.29 is 14.8 Å². The summed E-state index contributed by atoms with van der Waals surface area (Å²) < 4.78 is 0. The van der Waals surface area contributed by atoms with Crippen molar-refractivity contribution in [2.45, 2.75) is 31.7 Å². The lowest BCUT2D eigenvalue weighted by molar-refractivity contribution is -0.384. The fraction of sp³-hybridized carbons (Fsp3) is 0.417. The van der Waals surface area contributed by atoms with Crippen molar-refractivity contribution in [1.29, 1.82) is 0 Å². The number of nitro groups is 1. The zero-order chi connectivity index (χ0) is 14.2. The van der Waals surface area contributed by atoms with Gasteiger partial charge in [-0.05, 0) is 26.2 Å². The SMILES string of the molecule is CC1(Nc2c(Cl)cc([N+](=O)[O-])cc2C(=O)O)CCC1. The number of nitrogens with one attached hydrogen (secondary N) is 1. The third kappa shape index (κ3) is 2.63. The molecule has 1 aliphatic rings. The Hall–Kier alpha value is -1.82. The maximum Gasteiger partial charge on any atom is 0.338 e. The Morgan fingerprint density at radius 1 is 1.53 bits per heavy atom. The van der Waals surface area contributed by atoms with Crippen molar-refractivity contribution in [3.8, 4) is 0 Å². The minimum atomic E-state index is -1.24. The largest absolute Gasteiger partial charge is 0.478 e. The Bertz CT molecular complexity index is 555. The van der Waals surface area contributed by atoms with Crippen molar-refractivity contribution >= 4 is 28.9 Å². The molecule has 0 heterocycles. The van der Waals surface area contributed by atoms with Gasteiger partial charge in [0.1, 0.15) is 0 Å². The van der Waals surface area contributed by atoms with Crippen molar-refractivity contribution in [2.24, 2.45) is 0 Å². The summed E-state index contributed by atoms with van der Waals surface area (Å²) in [5.41, 5.74) is -0.440. The van der Waals surface area contributed by atoms with Gasteiger partial charge in [-0.1, -0.05) is 11.6 Å². The zero-order valence-corrected chi connectivity index (χ0v) is 11.0. The molecule has 0 unspecified atom stereocenters. The van der Waals surface area contributed by atoms with E-state index in [1.807, 2.05) is 6.92 Å². The molecule has 102 valence electrons. The molecule has 1 aromatic carbocycles. The van der Waals surface area contributed by atoms with Crippen LogP contribution in [0.3, 0.4) is 0 Å². The number of non-ortho nitro benzene ring substituents is 1. The topological polar surface area (TPSA) is 92.5 Å². The molecule has 0 atom stereocenters. The van der Waals surface area contributed by atoms with Gasteiger partial charge in [-0.2, -0.15) is 0 Å². The van der Waals surface area contributed by atoms with Crippen molar-refractivity contribution in [3.63, 3.8) is 0 Å². The number of nitrogens with zero attached hydrogens (tertiary/aromatic N) is 1. The summed E-state index contributed by atoms with van der Waals surface area (Å²) in [6, 6.07) is 2.19. The summed E-state index contributed by atoms with van der Waals surface area (Å²) in [6.07, 6.45) is 2.90. The van der Waals surface area contributed by atoms with Crippen LogP contribution in [-0.2, 0) is 0 Å². The zero-order valence-electron chi connectivity index (χ0n) is 10.3. The standard InChI is InChI=1S/C12H13ClN2O4/c1-12(3-2-4-12)14-10-8(11(16)17)5-7(15(18)19)6-9(10)13/h5-6,14H,2-4H2,1H3,(H,16,17). The first kappa shape index (κ1) is 13.6. The molecule has 1 saturated carbocycles. The van der Waals surface area contributed by atoms with Gasteiger partial charge in [-0.15, -0.1) is 0 Å². The second kappa shape index (κ2) is 4.70. The average Bonchev–Trinajstić information content (AvgIpc) is 2.28. The summed E-state index contributed by atoms with van der Waals surface area (Å²) in [5.74, 6) is -1.24. The lowest BCUT2D eigenvalue weighted by Gasteiger charge is -2.40. The predicted octanol–water partition coefficient (Wildman–Crippen LogP) is 3.30. The van der Waals surface area contributed by atoms with E-state index in [1.165, 1.54) is 6.07 Å². The number of aromatic carboxylic acids is 1.